The molecule has 1 aliphatic rings. The largest absolute Gasteiger partial charge is 0.375 e. The quantitative estimate of drug-likeness (QED) is 0.572. The molecule has 0 radical (unpaired) electrons. The Morgan fingerprint density at radius 2 is 2.19 bits per heavy atom. The highest BCUT2D eigenvalue weighted by Crippen LogP contribution is 2.18. The molecule has 3 heteroatoms. The summed E-state index contributed by atoms with van der Waals surface area (Å²) in [5.41, 5.74) is 2.23. The van der Waals surface area contributed by atoms with Crippen molar-refractivity contribution in [1.82, 2.24) is 10.2 Å². The van der Waals surface area contributed by atoms with Crippen LogP contribution in [0.5, 0.6) is 0 Å². The average Bonchev–Trinajstić information content (AvgIpc) is 2.25. The number of unbranched alkanes of at least 4 members (excludes halogenated alkanes) is 2. The first-order valence-corrected chi connectivity index (χ1v) is 6.31. The van der Waals surface area contributed by atoms with Crippen LogP contribution in [0.3, 0.4) is 0 Å². The van der Waals surface area contributed by atoms with Gasteiger partial charge in [-0.15, -0.1) is 0 Å². The van der Waals surface area contributed by atoms with Gasteiger partial charge in [-0.05, 0) is 19.8 Å². The molecule has 0 aromatic carbocycles. The lowest BCUT2D eigenvalue weighted by Gasteiger charge is -2.30. The van der Waals surface area contributed by atoms with Gasteiger partial charge in [0.15, 0.2) is 5.78 Å². The molecule has 16 heavy (non-hydrogen) atoms. The first-order chi connectivity index (χ1) is 7.66. The second-order valence-corrected chi connectivity index (χ2v) is 4.54. The minimum Gasteiger partial charge on any atom is -0.375 e. The average molecular weight is 224 g/mol. The van der Waals surface area contributed by atoms with Gasteiger partial charge in [-0.2, -0.15) is 0 Å². The van der Waals surface area contributed by atoms with Crippen LogP contribution in [-0.2, 0) is 4.79 Å². The highest BCUT2D eigenvalue weighted by Gasteiger charge is 2.17. The van der Waals surface area contributed by atoms with Crippen molar-refractivity contribution in [2.24, 2.45) is 0 Å². The molecule has 1 N–H and O–H groups in total. The number of nitrogens with one attached hydrogen (secondary N) is 1. The first kappa shape index (κ1) is 13.2. The van der Waals surface area contributed by atoms with Crippen LogP contribution >= 0.6 is 0 Å². The number of piperazine rings is 1. The summed E-state index contributed by atoms with van der Waals surface area (Å²) in [4.78, 5) is 13.9. The number of likely N-dealkylation sites (N-methyl/N-ethyl adjacent to an activating group) is 1. The third kappa shape index (κ3) is 3.63. The van der Waals surface area contributed by atoms with Gasteiger partial charge in [0.25, 0.3) is 0 Å². The van der Waals surface area contributed by atoms with Crippen molar-refractivity contribution in [3.8, 4) is 0 Å². The molecule has 0 saturated carbocycles. The standard InChI is InChI=1S/C13H24N2O/c1-4-5-6-7-12(11(2)16)13-10-14-8-9-15(13)3/h14H,4-10H2,1-3H3/b13-12+. The molecule has 0 atom stereocenters. The van der Waals surface area contributed by atoms with Gasteiger partial charge < -0.3 is 10.2 Å². The van der Waals surface area contributed by atoms with Crippen LogP contribution in [0.1, 0.15) is 39.5 Å². The SMILES string of the molecule is CCCCC/C(C(C)=O)=C1/CNCCN1C. The summed E-state index contributed by atoms with van der Waals surface area (Å²) >= 11 is 0. The van der Waals surface area contributed by atoms with Crippen LogP contribution in [0.25, 0.3) is 0 Å². The van der Waals surface area contributed by atoms with Gasteiger partial charge in [-0.3, -0.25) is 4.79 Å². The highest BCUT2D eigenvalue weighted by atomic mass is 16.1. The van der Waals surface area contributed by atoms with E-state index in [-0.39, 0.29) is 5.78 Å². The first-order valence-electron chi connectivity index (χ1n) is 6.31. The second-order valence-electron chi connectivity index (χ2n) is 4.54. The number of hydrogen-bond acceptors (Lipinski definition) is 3. The molecule has 1 heterocycles. The Morgan fingerprint density at radius 1 is 1.44 bits per heavy atom. The van der Waals surface area contributed by atoms with Crippen LogP contribution in [-0.4, -0.2) is 37.4 Å². The van der Waals surface area contributed by atoms with E-state index in [9.17, 15) is 4.79 Å². The second kappa shape index (κ2) is 6.69. The molecule has 0 bridgehead atoms. The fourth-order valence-corrected chi connectivity index (χ4v) is 2.14. The summed E-state index contributed by atoms with van der Waals surface area (Å²) in [7, 11) is 2.08. The zero-order chi connectivity index (χ0) is 12.0. The van der Waals surface area contributed by atoms with E-state index in [2.05, 4.69) is 24.2 Å². The number of allylic oxidation sites excluding steroid dienone is 1. The van der Waals surface area contributed by atoms with Gasteiger partial charge in [0, 0.05) is 38.0 Å². The van der Waals surface area contributed by atoms with Gasteiger partial charge in [-0.1, -0.05) is 19.8 Å². The lowest BCUT2D eigenvalue weighted by atomic mass is 10.0. The minimum absolute atomic E-state index is 0.238. The summed E-state index contributed by atoms with van der Waals surface area (Å²) < 4.78 is 0. The van der Waals surface area contributed by atoms with Crippen LogP contribution in [0, 0.1) is 0 Å². The van der Waals surface area contributed by atoms with Gasteiger partial charge in [-0.25, -0.2) is 0 Å². The molecule has 1 aliphatic heterocycles. The number of Topliss-reactive ketones (excluding diaryl/α,β-unsaturated/α-hetero) is 1. The van der Waals surface area contributed by atoms with Crippen molar-refractivity contribution in [3.63, 3.8) is 0 Å². The van der Waals surface area contributed by atoms with Gasteiger partial charge >= 0.3 is 0 Å². The lowest BCUT2D eigenvalue weighted by molar-refractivity contribution is -0.113. The topological polar surface area (TPSA) is 32.3 Å². The van der Waals surface area contributed by atoms with Crippen molar-refractivity contribution in [3.05, 3.63) is 11.3 Å². The molecule has 1 rings (SSSR count). The van der Waals surface area contributed by atoms with E-state index in [0.29, 0.717) is 0 Å². The van der Waals surface area contributed by atoms with Crippen LogP contribution in [0.2, 0.25) is 0 Å². The summed E-state index contributed by atoms with van der Waals surface area (Å²) in [6.45, 7) is 6.74. The van der Waals surface area contributed by atoms with Crippen LogP contribution < -0.4 is 5.32 Å². The zero-order valence-corrected chi connectivity index (χ0v) is 10.8. The highest BCUT2D eigenvalue weighted by molar-refractivity contribution is 5.94. The molecule has 3 nitrogen and oxygen atoms in total. The molecule has 1 saturated heterocycles. The third-order valence-electron chi connectivity index (χ3n) is 3.18. The number of carbonyl (C=O) groups excluding carboxylic acids is 1. The molecular weight excluding hydrogens is 200 g/mol. The molecule has 1 fully saturated rings. The van der Waals surface area contributed by atoms with Crippen molar-refractivity contribution in [2.75, 3.05) is 26.7 Å². The molecule has 0 aromatic rings. The molecule has 92 valence electrons. The molecule has 0 unspecified atom stereocenters. The van der Waals surface area contributed by atoms with Crippen molar-refractivity contribution in [2.45, 2.75) is 39.5 Å². The maximum Gasteiger partial charge on any atom is 0.157 e. The molecule has 0 aliphatic carbocycles. The fraction of sp³-hybridized carbons (Fsp3) is 0.769. The van der Waals surface area contributed by atoms with Crippen LogP contribution in [0.4, 0.5) is 0 Å². The number of hydrogen-bond donors (Lipinski definition) is 1. The number of nitrogens with zero attached hydrogens (tertiary/aromatic N) is 1. The predicted octanol–water partition coefficient (Wildman–Crippen LogP) is 1.94. The maximum absolute atomic E-state index is 11.7. The smallest absolute Gasteiger partial charge is 0.157 e. The van der Waals surface area contributed by atoms with E-state index in [0.717, 1.165) is 38.0 Å². The maximum atomic E-state index is 11.7. The molecule has 0 amide bonds. The van der Waals surface area contributed by atoms with Gasteiger partial charge in [0.05, 0.1) is 0 Å². The Bertz CT molecular complexity index is 271. The molecular formula is C13H24N2O. The normalized spacial score (nSPS) is 19.8. The van der Waals surface area contributed by atoms with E-state index < -0.39 is 0 Å². The zero-order valence-electron chi connectivity index (χ0n) is 10.8. The summed E-state index contributed by atoms with van der Waals surface area (Å²) in [6, 6.07) is 0. The van der Waals surface area contributed by atoms with Gasteiger partial charge in [0.1, 0.15) is 0 Å². The summed E-state index contributed by atoms with van der Waals surface area (Å²) in [5.74, 6) is 0.238. The van der Waals surface area contributed by atoms with Gasteiger partial charge in [0.2, 0.25) is 0 Å². The number of rotatable bonds is 5. The Morgan fingerprint density at radius 3 is 2.75 bits per heavy atom. The lowest BCUT2D eigenvalue weighted by Crippen LogP contribution is -2.40. The monoisotopic (exact) mass is 224 g/mol. The summed E-state index contributed by atoms with van der Waals surface area (Å²) in [5, 5.41) is 3.34. The van der Waals surface area contributed by atoms with Crippen molar-refractivity contribution < 1.29 is 4.79 Å². The van der Waals surface area contributed by atoms with Crippen molar-refractivity contribution >= 4 is 5.78 Å². The minimum atomic E-state index is 0.238. The molecule has 0 aromatic heterocycles. The fourth-order valence-electron chi connectivity index (χ4n) is 2.14. The van der Waals surface area contributed by atoms with Crippen LogP contribution in [0.15, 0.2) is 11.3 Å². The molecule has 0 spiro atoms. The number of ketones is 1. The Hall–Kier alpha value is -0.830. The summed E-state index contributed by atoms with van der Waals surface area (Å²) in [6.07, 6.45) is 4.48. The van der Waals surface area contributed by atoms with E-state index >= 15 is 0 Å². The Labute approximate surface area is 98.9 Å². The Kier molecular flexibility index (Phi) is 5.53. The van der Waals surface area contributed by atoms with Crippen molar-refractivity contribution in [1.29, 1.82) is 0 Å². The Balaban J connectivity index is 2.72. The predicted molar refractivity (Wildman–Crippen MR) is 67.3 cm³/mol. The number of carbonyl (C=O) groups is 1. The van der Waals surface area contributed by atoms with E-state index in [1.165, 1.54) is 18.5 Å². The van der Waals surface area contributed by atoms with E-state index in [1.54, 1.807) is 6.92 Å². The van der Waals surface area contributed by atoms with E-state index in [4.69, 9.17) is 0 Å². The van der Waals surface area contributed by atoms with E-state index in [1.807, 2.05) is 0 Å². The third-order valence-corrected chi connectivity index (χ3v) is 3.18.